The number of hydrogen-bond acceptors (Lipinski definition) is 3. The van der Waals surface area contributed by atoms with Crippen molar-refractivity contribution in [2.24, 2.45) is 7.05 Å². The Kier molecular flexibility index (Phi) is 4.60. The van der Waals surface area contributed by atoms with Crippen LogP contribution >= 0.6 is 15.9 Å². The molecule has 0 spiro atoms. The minimum absolute atomic E-state index is 0.628. The second-order valence-corrected chi connectivity index (χ2v) is 6.33. The standard InChI is InChI=1S/C16H20BrN3O/c1-20-8-7-18-16(20)6-9-21-15-5-2-12(10-14(15)17)11-19-13-3-4-13/h2,5,7-8,10,13,19H,3-4,6,9,11H2,1H3. The molecule has 1 aliphatic rings. The first kappa shape index (κ1) is 14.6. The fourth-order valence-electron chi connectivity index (χ4n) is 2.21. The lowest BCUT2D eigenvalue weighted by Gasteiger charge is -2.10. The number of halogens is 1. The SMILES string of the molecule is Cn1ccnc1CCOc1ccc(CNC2CC2)cc1Br. The van der Waals surface area contributed by atoms with Gasteiger partial charge in [-0.3, -0.25) is 0 Å². The Hall–Kier alpha value is -1.33. The van der Waals surface area contributed by atoms with Gasteiger partial charge in [-0.15, -0.1) is 0 Å². The third-order valence-electron chi connectivity index (χ3n) is 3.67. The molecular weight excluding hydrogens is 330 g/mol. The summed E-state index contributed by atoms with van der Waals surface area (Å²) >= 11 is 3.59. The molecule has 1 N–H and O–H groups in total. The summed E-state index contributed by atoms with van der Waals surface area (Å²) in [5.74, 6) is 1.93. The molecule has 0 unspecified atom stereocenters. The smallest absolute Gasteiger partial charge is 0.133 e. The van der Waals surface area contributed by atoms with Gasteiger partial charge >= 0.3 is 0 Å². The Morgan fingerprint density at radius 1 is 1.43 bits per heavy atom. The quantitative estimate of drug-likeness (QED) is 0.834. The van der Waals surface area contributed by atoms with Crippen molar-refractivity contribution >= 4 is 15.9 Å². The van der Waals surface area contributed by atoms with E-state index >= 15 is 0 Å². The second-order valence-electron chi connectivity index (χ2n) is 5.47. The van der Waals surface area contributed by atoms with Crippen molar-refractivity contribution in [3.63, 3.8) is 0 Å². The number of aryl methyl sites for hydroxylation is 1. The average Bonchev–Trinajstić information content (AvgIpc) is 3.22. The first-order valence-corrected chi connectivity index (χ1v) is 8.12. The summed E-state index contributed by atoms with van der Waals surface area (Å²) in [4.78, 5) is 4.29. The summed E-state index contributed by atoms with van der Waals surface area (Å²) in [5.41, 5.74) is 1.28. The number of nitrogens with one attached hydrogen (secondary N) is 1. The van der Waals surface area contributed by atoms with Crippen LogP contribution in [0.1, 0.15) is 24.2 Å². The molecule has 112 valence electrons. The van der Waals surface area contributed by atoms with Crippen molar-refractivity contribution in [3.05, 3.63) is 46.5 Å². The van der Waals surface area contributed by atoms with Crippen LogP contribution in [-0.2, 0) is 20.0 Å². The van der Waals surface area contributed by atoms with E-state index in [1.165, 1.54) is 18.4 Å². The predicted octanol–water partition coefficient (Wildman–Crippen LogP) is 3.06. The lowest BCUT2D eigenvalue weighted by atomic mass is 10.2. The number of hydrogen-bond donors (Lipinski definition) is 1. The lowest BCUT2D eigenvalue weighted by Crippen LogP contribution is -2.15. The number of ether oxygens (including phenoxy) is 1. The normalized spacial score (nSPS) is 14.4. The first-order chi connectivity index (χ1) is 10.2. The van der Waals surface area contributed by atoms with Crippen molar-refractivity contribution in [1.29, 1.82) is 0 Å². The molecule has 2 aromatic rings. The zero-order valence-electron chi connectivity index (χ0n) is 12.2. The Balaban J connectivity index is 1.51. The van der Waals surface area contributed by atoms with E-state index in [1.54, 1.807) is 0 Å². The molecule has 1 aromatic carbocycles. The molecule has 0 radical (unpaired) electrons. The van der Waals surface area contributed by atoms with Gasteiger partial charge in [0.15, 0.2) is 0 Å². The Labute approximate surface area is 133 Å². The molecule has 0 amide bonds. The molecule has 1 fully saturated rings. The summed E-state index contributed by atoms with van der Waals surface area (Å²) in [6, 6.07) is 7.02. The third-order valence-corrected chi connectivity index (χ3v) is 4.29. The van der Waals surface area contributed by atoms with Gasteiger partial charge in [0.1, 0.15) is 11.6 Å². The molecule has 4 nitrogen and oxygen atoms in total. The Morgan fingerprint density at radius 3 is 2.95 bits per heavy atom. The van der Waals surface area contributed by atoms with Crippen molar-refractivity contribution < 1.29 is 4.74 Å². The molecule has 1 heterocycles. The zero-order valence-corrected chi connectivity index (χ0v) is 13.8. The Bertz CT molecular complexity index is 607. The van der Waals surface area contributed by atoms with Crippen molar-refractivity contribution in [1.82, 2.24) is 14.9 Å². The number of imidazole rings is 1. The van der Waals surface area contributed by atoms with E-state index in [0.717, 1.165) is 35.1 Å². The van der Waals surface area contributed by atoms with E-state index in [4.69, 9.17) is 4.74 Å². The van der Waals surface area contributed by atoms with Crippen LogP contribution < -0.4 is 10.1 Å². The van der Waals surface area contributed by atoms with E-state index in [0.29, 0.717) is 6.61 Å². The lowest BCUT2D eigenvalue weighted by molar-refractivity contribution is 0.315. The summed E-state index contributed by atoms with van der Waals surface area (Å²) in [6.45, 7) is 1.56. The molecule has 0 bridgehead atoms. The van der Waals surface area contributed by atoms with Crippen LogP contribution in [-0.4, -0.2) is 22.2 Å². The van der Waals surface area contributed by atoms with Crippen LogP contribution in [0.2, 0.25) is 0 Å². The van der Waals surface area contributed by atoms with Crippen molar-refractivity contribution in [2.75, 3.05) is 6.61 Å². The van der Waals surface area contributed by atoms with E-state index < -0.39 is 0 Å². The summed E-state index contributed by atoms with van der Waals surface area (Å²) in [6.07, 6.45) is 7.20. The molecule has 1 aliphatic carbocycles. The van der Waals surface area contributed by atoms with Crippen LogP contribution in [0.15, 0.2) is 35.1 Å². The van der Waals surface area contributed by atoms with Gasteiger partial charge in [-0.25, -0.2) is 4.98 Å². The topological polar surface area (TPSA) is 39.1 Å². The molecule has 1 aromatic heterocycles. The van der Waals surface area contributed by atoms with Gasteiger partial charge in [0.25, 0.3) is 0 Å². The van der Waals surface area contributed by atoms with Gasteiger partial charge in [0.2, 0.25) is 0 Å². The Morgan fingerprint density at radius 2 is 2.29 bits per heavy atom. The van der Waals surface area contributed by atoms with E-state index in [9.17, 15) is 0 Å². The highest BCUT2D eigenvalue weighted by Gasteiger charge is 2.20. The van der Waals surface area contributed by atoms with Gasteiger partial charge in [0.05, 0.1) is 11.1 Å². The average molecular weight is 350 g/mol. The maximum atomic E-state index is 5.84. The van der Waals surface area contributed by atoms with Gasteiger partial charge in [-0.2, -0.15) is 0 Å². The maximum Gasteiger partial charge on any atom is 0.133 e. The summed E-state index contributed by atoms with van der Waals surface area (Å²) in [5, 5.41) is 3.51. The van der Waals surface area contributed by atoms with Crippen LogP contribution in [0.5, 0.6) is 5.75 Å². The number of nitrogens with zero attached hydrogens (tertiary/aromatic N) is 2. The van der Waals surface area contributed by atoms with Crippen LogP contribution in [0, 0.1) is 0 Å². The highest BCUT2D eigenvalue weighted by Crippen LogP contribution is 2.27. The second kappa shape index (κ2) is 6.62. The minimum Gasteiger partial charge on any atom is -0.492 e. The summed E-state index contributed by atoms with van der Waals surface area (Å²) < 4.78 is 8.87. The highest BCUT2D eigenvalue weighted by molar-refractivity contribution is 9.10. The molecular formula is C16H20BrN3O. The molecule has 3 rings (SSSR count). The maximum absolute atomic E-state index is 5.84. The van der Waals surface area contributed by atoms with Crippen LogP contribution in [0.4, 0.5) is 0 Å². The number of rotatable bonds is 7. The third kappa shape index (κ3) is 4.08. The minimum atomic E-state index is 0.628. The van der Waals surface area contributed by atoms with Gasteiger partial charge in [-0.1, -0.05) is 6.07 Å². The van der Waals surface area contributed by atoms with E-state index in [-0.39, 0.29) is 0 Å². The molecule has 5 heteroatoms. The van der Waals surface area contributed by atoms with Crippen molar-refractivity contribution in [3.8, 4) is 5.75 Å². The predicted molar refractivity (Wildman–Crippen MR) is 86.4 cm³/mol. The molecule has 1 saturated carbocycles. The fourth-order valence-corrected chi connectivity index (χ4v) is 2.75. The molecule has 0 aliphatic heterocycles. The van der Waals surface area contributed by atoms with Crippen LogP contribution in [0.25, 0.3) is 0 Å². The monoisotopic (exact) mass is 349 g/mol. The van der Waals surface area contributed by atoms with Crippen LogP contribution in [0.3, 0.4) is 0 Å². The summed E-state index contributed by atoms with van der Waals surface area (Å²) in [7, 11) is 2.00. The molecule has 21 heavy (non-hydrogen) atoms. The van der Waals surface area contributed by atoms with E-state index in [1.807, 2.05) is 30.1 Å². The highest BCUT2D eigenvalue weighted by atomic mass is 79.9. The first-order valence-electron chi connectivity index (χ1n) is 7.33. The number of benzene rings is 1. The van der Waals surface area contributed by atoms with Gasteiger partial charge in [0, 0.05) is 38.4 Å². The largest absolute Gasteiger partial charge is 0.492 e. The fraction of sp³-hybridized carbons (Fsp3) is 0.438. The number of aromatic nitrogens is 2. The van der Waals surface area contributed by atoms with E-state index in [2.05, 4.69) is 38.4 Å². The molecule has 0 saturated heterocycles. The van der Waals surface area contributed by atoms with Gasteiger partial charge < -0.3 is 14.6 Å². The zero-order chi connectivity index (χ0) is 14.7. The van der Waals surface area contributed by atoms with Crippen molar-refractivity contribution in [2.45, 2.75) is 31.8 Å². The molecule has 0 atom stereocenters. The van der Waals surface area contributed by atoms with Gasteiger partial charge in [-0.05, 0) is 46.5 Å².